The molecule has 1 aromatic heterocycles. The quantitative estimate of drug-likeness (QED) is 0.286. The zero-order valence-corrected chi connectivity index (χ0v) is 20.1. The summed E-state index contributed by atoms with van der Waals surface area (Å²) in [5, 5.41) is 10.2. The standard InChI is InChI=1S/C22H23Cl2FN4O2S/c1-28(13-17-18(24)5-3-6-19(17)25)20(30)14-32-22-27-26-21(29(22)11-4-12-31-2)15-7-9-16(23)10-8-15/h3,5-10H,4,11-14H2,1-2H3. The summed E-state index contributed by atoms with van der Waals surface area (Å²) in [4.78, 5) is 14.1. The van der Waals surface area contributed by atoms with E-state index in [1.54, 1.807) is 32.4 Å². The summed E-state index contributed by atoms with van der Waals surface area (Å²) in [5.41, 5.74) is 1.17. The molecule has 10 heteroatoms. The summed E-state index contributed by atoms with van der Waals surface area (Å²) in [6, 6.07) is 11.8. The number of halogens is 3. The summed E-state index contributed by atoms with van der Waals surface area (Å²) in [5.74, 6) is 0.217. The van der Waals surface area contributed by atoms with Crippen molar-refractivity contribution < 1.29 is 13.9 Å². The van der Waals surface area contributed by atoms with Gasteiger partial charge in [-0.25, -0.2) is 4.39 Å². The van der Waals surface area contributed by atoms with Crippen molar-refractivity contribution in [3.63, 3.8) is 0 Å². The van der Waals surface area contributed by atoms with Crippen molar-refractivity contribution in [2.45, 2.75) is 24.7 Å². The predicted molar refractivity (Wildman–Crippen MR) is 126 cm³/mol. The molecule has 1 amide bonds. The Labute approximate surface area is 200 Å². The Morgan fingerprint density at radius 3 is 2.62 bits per heavy atom. The minimum atomic E-state index is -0.435. The van der Waals surface area contributed by atoms with Crippen LogP contribution in [0.3, 0.4) is 0 Å². The maximum Gasteiger partial charge on any atom is 0.233 e. The summed E-state index contributed by atoms with van der Waals surface area (Å²) < 4.78 is 21.2. The SMILES string of the molecule is COCCCn1c(SCC(=O)N(C)Cc2c(F)cccc2Cl)nnc1-c1ccc(Cl)cc1. The maximum atomic E-state index is 14.0. The Balaban J connectivity index is 1.71. The molecule has 0 radical (unpaired) electrons. The van der Waals surface area contributed by atoms with E-state index < -0.39 is 5.82 Å². The molecule has 170 valence electrons. The Kier molecular flexibility index (Phi) is 8.92. The molecule has 0 aliphatic rings. The molecule has 2 aromatic carbocycles. The zero-order valence-electron chi connectivity index (χ0n) is 17.7. The van der Waals surface area contributed by atoms with Crippen LogP contribution in [0.2, 0.25) is 10.0 Å². The molecule has 0 spiro atoms. The van der Waals surface area contributed by atoms with Crippen LogP contribution in [0.1, 0.15) is 12.0 Å². The first kappa shape index (κ1) is 24.5. The van der Waals surface area contributed by atoms with Crippen LogP contribution in [-0.2, 0) is 22.6 Å². The highest BCUT2D eigenvalue weighted by molar-refractivity contribution is 7.99. The summed E-state index contributed by atoms with van der Waals surface area (Å²) >= 11 is 13.4. The van der Waals surface area contributed by atoms with Crippen molar-refractivity contribution >= 4 is 40.9 Å². The molecule has 0 unspecified atom stereocenters. The maximum absolute atomic E-state index is 14.0. The smallest absolute Gasteiger partial charge is 0.233 e. The molecule has 3 rings (SSSR count). The number of nitrogens with zero attached hydrogens (tertiary/aromatic N) is 4. The van der Waals surface area contributed by atoms with Gasteiger partial charge in [0.25, 0.3) is 0 Å². The van der Waals surface area contributed by atoms with Gasteiger partial charge in [0.15, 0.2) is 11.0 Å². The van der Waals surface area contributed by atoms with Crippen molar-refractivity contribution in [2.75, 3.05) is 26.5 Å². The predicted octanol–water partition coefficient (Wildman–Crippen LogP) is 5.18. The van der Waals surface area contributed by atoms with Gasteiger partial charge in [0, 0.05) is 55.0 Å². The van der Waals surface area contributed by atoms with Crippen LogP contribution in [0.4, 0.5) is 4.39 Å². The molecule has 1 heterocycles. The number of carbonyl (C=O) groups is 1. The molecule has 0 aliphatic carbocycles. The van der Waals surface area contributed by atoms with Crippen molar-refractivity contribution in [1.82, 2.24) is 19.7 Å². The van der Waals surface area contributed by atoms with Gasteiger partial charge in [0.1, 0.15) is 5.82 Å². The normalized spacial score (nSPS) is 11.0. The zero-order chi connectivity index (χ0) is 23.1. The van der Waals surface area contributed by atoms with Gasteiger partial charge in [-0.1, -0.05) is 41.0 Å². The van der Waals surface area contributed by atoms with Crippen LogP contribution in [0.15, 0.2) is 47.6 Å². The summed E-state index contributed by atoms with van der Waals surface area (Å²) in [7, 11) is 3.27. The number of hydrogen-bond acceptors (Lipinski definition) is 5. The summed E-state index contributed by atoms with van der Waals surface area (Å²) in [6.45, 7) is 1.31. The Morgan fingerprint density at radius 2 is 1.94 bits per heavy atom. The number of rotatable bonds is 10. The largest absolute Gasteiger partial charge is 0.385 e. The van der Waals surface area contributed by atoms with Gasteiger partial charge in [-0.2, -0.15) is 0 Å². The molecule has 0 saturated carbocycles. The third-order valence-electron chi connectivity index (χ3n) is 4.76. The fourth-order valence-corrected chi connectivity index (χ4v) is 4.28. The van der Waals surface area contributed by atoms with E-state index in [0.717, 1.165) is 12.0 Å². The topological polar surface area (TPSA) is 60.2 Å². The van der Waals surface area contributed by atoms with Crippen LogP contribution >= 0.6 is 35.0 Å². The number of thioether (sulfide) groups is 1. The lowest BCUT2D eigenvalue weighted by Gasteiger charge is -2.18. The van der Waals surface area contributed by atoms with E-state index in [1.165, 1.54) is 28.8 Å². The minimum absolute atomic E-state index is 0.0848. The van der Waals surface area contributed by atoms with E-state index in [4.69, 9.17) is 27.9 Å². The highest BCUT2D eigenvalue weighted by atomic mass is 35.5. The number of ether oxygens (including phenoxy) is 1. The summed E-state index contributed by atoms with van der Waals surface area (Å²) in [6.07, 6.45) is 0.766. The van der Waals surface area contributed by atoms with Crippen LogP contribution in [0.5, 0.6) is 0 Å². The van der Waals surface area contributed by atoms with E-state index in [2.05, 4.69) is 10.2 Å². The van der Waals surface area contributed by atoms with E-state index in [9.17, 15) is 9.18 Å². The number of amides is 1. The van der Waals surface area contributed by atoms with E-state index in [0.29, 0.717) is 39.7 Å². The van der Waals surface area contributed by atoms with Gasteiger partial charge in [0.05, 0.1) is 5.75 Å². The van der Waals surface area contributed by atoms with Gasteiger partial charge in [-0.05, 0) is 42.8 Å². The minimum Gasteiger partial charge on any atom is -0.385 e. The second kappa shape index (κ2) is 11.7. The van der Waals surface area contributed by atoms with E-state index in [-0.39, 0.29) is 18.2 Å². The molecule has 32 heavy (non-hydrogen) atoms. The molecule has 6 nitrogen and oxygen atoms in total. The number of benzene rings is 2. The second-order valence-electron chi connectivity index (χ2n) is 7.05. The van der Waals surface area contributed by atoms with E-state index in [1.807, 2.05) is 16.7 Å². The number of methoxy groups -OCH3 is 1. The van der Waals surface area contributed by atoms with Gasteiger partial charge in [0.2, 0.25) is 5.91 Å². The Morgan fingerprint density at radius 1 is 1.19 bits per heavy atom. The lowest BCUT2D eigenvalue weighted by atomic mass is 10.2. The van der Waals surface area contributed by atoms with Gasteiger partial charge in [-0.3, -0.25) is 4.79 Å². The molecule has 0 aliphatic heterocycles. The number of carbonyl (C=O) groups excluding carboxylic acids is 1. The lowest BCUT2D eigenvalue weighted by molar-refractivity contribution is -0.127. The van der Waals surface area contributed by atoms with Crippen LogP contribution < -0.4 is 0 Å². The van der Waals surface area contributed by atoms with Crippen molar-refractivity contribution in [3.8, 4) is 11.4 Å². The monoisotopic (exact) mass is 496 g/mol. The Bertz CT molecular complexity index is 1040. The molecular formula is C22H23Cl2FN4O2S. The first-order chi connectivity index (χ1) is 15.4. The average Bonchev–Trinajstić information content (AvgIpc) is 3.18. The molecule has 0 fully saturated rings. The van der Waals surface area contributed by atoms with Crippen LogP contribution in [0.25, 0.3) is 11.4 Å². The van der Waals surface area contributed by atoms with Crippen LogP contribution in [0, 0.1) is 5.82 Å². The van der Waals surface area contributed by atoms with Gasteiger partial charge < -0.3 is 14.2 Å². The second-order valence-corrected chi connectivity index (χ2v) is 8.84. The molecule has 0 bridgehead atoms. The fraction of sp³-hybridized carbons (Fsp3) is 0.318. The van der Waals surface area contributed by atoms with Gasteiger partial charge in [-0.15, -0.1) is 10.2 Å². The molecule has 3 aromatic rings. The Hall–Kier alpha value is -2.13. The molecule has 0 N–H and O–H groups in total. The van der Waals surface area contributed by atoms with Crippen molar-refractivity contribution in [2.24, 2.45) is 0 Å². The highest BCUT2D eigenvalue weighted by Crippen LogP contribution is 2.26. The molecule has 0 saturated heterocycles. The molecular weight excluding hydrogens is 474 g/mol. The lowest BCUT2D eigenvalue weighted by Crippen LogP contribution is -2.28. The third kappa shape index (κ3) is 6.22. The van der Waals surface area contributed by atoms with Gasteiger partial charge >= 0.3 is 0 Å². The number of aromatic nitrogens is 3. The van der Waals surface area contributed by atoms with Crippen molar-refractivity contribution in [3.05, 3.63) is 63.9 Å². The van der Waals surface area contributed by atoms with Crippen molar-refractivity contribution in [1.29, 1.82) is 0 Å². The average molecular weight is 497 g/mol. The first-order valence-corrected chi connectivity index (χ1v) is 11.6. The van der Waals surface area contributed by atoms with E-state index >= 15 is 0 Å². The third-order valence-corrected chi connectivity index (χ3v) is 6.31. The highest BCUT2D eigenvalue weighted by Gasteiger charge is 2.18. The van der Waals surface area contributed by atoms with Crippen LogP contribution in [-0.4, -0.2) is 52.1 Å². The number of hydrogen-bond donors (Lipinski definition) is 0. The first-order valence-electron chi connectivity index (χ1n) is 9.88. The fourth-order valence-electron chi connectivity index (χ4n) is 3.02. The molecule has 0 atom stereocenters.